The summed E-state index contributed by atoms with van der Waals surface area (Å²) in [6.45, 7) is 5.80. The number of carbonyl (C=O) groups excluding carboxylic acids is 2. The summed E-state index contributed by atoms with van der Waals surface area (Å²) in [5, 5.41) is 11.2. The lowest BCUT2D eigenvalue weighted by Crippen LogP contribution is -2.29. The summed E-state index contributed by atoms with van der Waals surface area (Å²) < 4.78 is 11.1. The molecule has 1 heterocycles. The van der Waals surface area contributed by atoms with E-state index in [1.165, 1.54) is 4.90 Å². The first kappa shape index (κ1) is 23.1. The van der Waals surface area contributed by atoms with Gasteiger partial charge in [-0.05, 0) is 62.7 Å². The highest BCUT2D eigenvalue weighted by molar-refractivity contribution is 6.51. The van der Waals surface area contributed by atoms with Crippen molar-refractivity contribution >= 4 is 23.1 Å². The topological polar surface area (TPSA) is 76.1 Å². The smallest absolute Gasteiger partial charge is 0.300 e. The Morgan fingerprint density at radius 3 is 2.24 bits per heavy atom. The lowest BCUT2D eigenvalue weighted by atomic mass is 9.94. The molecule has 1 aliphatic rings. The van der Waals surface area contributed by atoms with Crippen LogP contribution < -0.4 is 14.4 Å². The Balaban J connectivity index is 1.88. The predicted octanol–water partition coefficient (Wildman–Crippen LogP) is 5.42. The van der Waals surface area contributed by atoms with Crippen LogP contribution in [0.25, 0.3) is 5.76 Å². The first-order chi connectivity index (χ1) is 16.3. The molecule has 6 heteroatoms. The van der Waals surface area contributed by atoms with Gasteiger partial charge in [-0.3, -0.25) is 14.5 Å². The van der Waals surface area contributed by atoms with Crippen molar-refractivity contribution in [3.05, 3.63) is 95.1 Å². The van der Waals surface area contributed by atoms with Crippen molar-refractivity contribution in [3.63, 3.8) is 0 Å². The number of ether oxygens (including phenoxy) is 2. The van der Waals surface area contributed by atoms with Crippen molar-refractivity contribution in [1.29, 1.82) is 0 Å². The van der Waals surface area contributed by atoms with Crippen molar-refractivity contribution in [2.24, 2.45) is 0 Å². The normalized spacial score (nSPS) is 17.3. The van der Waals surface area contributed by atoms with Crippen molar-refractivity contribution in [3.8, 4) is 11.5 Å². The van der Waals surface area contributed by atoms with Crippen molar-refractivity contribution in [2.75, 3.05) is 12.0 Å². The molecular weight excluding hydrogens is 430 g/mol. The second-order valence-electron chi connectivity index (χ2n) is 8.47. The predicted molar refractivity (Wildman–Crippen MR) is 131 cm³/mol. The number of methoxy groups -OCH3 is 1. The van der Waals surface area contributed by atoms with Gasteiger partial charge in [-0.1, -0.05) is 42.0 Å². The van der Waals surface area contributed by atoms with Crippen LogP contribution >= 0.6 is 0 Å². The quantitative estimate of drug-likeness (QED) is 0.304. The molecule has 3 aromatic carbocycles. The zero-order chi connectivity index (χ0) is 24.4. The fourth-order valence-corrected chi connectivity index (χ4v) is 4.05. The van der Waals surface area contributed by atoms with Crippen LogP contribution in [0, 0.1) is 6.92 Å². The summed E-state index contributed by atoms with van der Waals surface area (Å²) in [4.78, 5) is 27.9. The number of carbonyl (C=O) groups is 2. The van der Waals surface area contributed by atoms with Gasteiger partial charge in [0.05, 0.1) is 24.8 Å². The Labute approximate surface area is 199 Å². The third-order valence-corrected chi connectivity index (χ3v) is 5.67. The van der Waals surface area contributed by atoms with E-state index in [9.17, 15) is 14.7 Å². The van der Waals surface area contributed by atoms with Crippen LogP contribution in [0.15, 0.2) is 78.4 Å². The fraction of sp³-hybridized carbons (Fsp3) is 0.214. The van der Waals surface area contributed by atoms with E-state index >= 15 is 0 Å². The summed E-state index contributed by atoms with van der Waals surface area (Å²) in [6.07, 6.45) is 0.00590. The number of Topliss-reactive ketones (excluding diaryl/α,β-unsaturated/α-hetero) is 1. The average molecular weight is 458 g/mol. The lowest BCUT2D eigenvalue weighted by Gasteiger charge is -2.26. The van der Waals surface area contributed by atoms with Crippen LogP contribution in [0.2, 0.25) is 0 Å². The molecule has 0 aliphatic carbocycles. The van der Waals surface area contributed by atoms with Gasteiger partial charge in [0.2, 0.25) is 0 Å². The van der Waals surface area contributed by atoms with E-state index in [0.29, 0.717) is 28.3 Å². The van der Waals surface area contributed by atoms with E-state index in [0.717, 1.165) is 5.56 Å². The van der Waals surface area contributed by atoms with Crippen molar-refractivity contribution in [1.82, 2.24) is 0 Å². The monoisotopic (exact) mass is 457 g/mol. The molecular formula is C28H27NO5. The number of amides is 1. The van der Waals surface area contributed by atoms with Gasteiger partial charge in [-0.2, -0.15) is 0 Å². The van der Waals surface area contributed by atoms with Crippen LogP contribution in [-0.2, 0) is 9.59 Å². The minimum Gasteiger partial charge on any atom is -0.507 e. The minimum atomic E-state index is -0.826. The number of rotatable bonds is 6. The van der Waals surface area contributed by atoms with Gasteiger partial charge in [0.15, 0.2) is 0 Å². The van der Waals surface area contributed by atoms with Crippen molar-refractivity contribution in [2.45, 2.75) is 32.9 Å². The highest BCUT2D eigenvalue weighted by atomic mass is 16.5. The van der Waals surface area contributed by atoms with Crippen LogP contribution in [0.5, 0.6) is 11.5 Å². The second-order valence-corrected chi connectivity index (χ2v) is 8.47. The molecule has 34 heavy (non-hydrogen) atoms. The Kier molecular flexibility index (Phi) is 6.41. The van der Waals surface area contributed by atoms with Gasteiger partial charge >= 0.3 is 0 Å². The molecule has 1 aliphatic heterocycles. The summed E-state index contributed by atoms with van der Waals surface area (Å²) in [7, 11) is 1.55. The maximum atomic E-state index is 13.3. The maximum Gasteiger partial charge on any atom is 0.300 e. The van der Waals surface area contributed by atoms with Gasteiger partial charge in [0, 0.05) is 11.3 Å². The van der Waals surface area contributed by atoms with Gasteiger partial charge in [-0.15, -0.1) is 0 Å². The van der Waals surface area contributed by atoms with Crippen LogP contribution in [-0.4, -0.2) is 30.0 Å². The Hall–Kier alpha value is -4.06. The highest BCUT2D eigenvalue weighted by Crippen LogP contribution is 2.43. The number of aliphatic hydroxyl groups excluding tert-OH is 1. The van der Waals surface area contributed by atoms with E-state index < -0.39 is 17.7 Å². The molecule has 0 radical (unpaired) electrons. The molecule has 1 N–H and O–H groups in total. The molecule has 4 rings (SSSR count). The number of ketones is 1. The number of hydrogen-bond acceptors (Lipinski definition) is 5. The van der Waals surface area contributed by atoms with Crippen LogP contribution in [0.3, 0.4) is 0 Å². The summed E-state index contributed by atoms with van der Waals surface area (Å²) >= 11 is 0. The number of aliphatic hydroxyl groups is 1. The number of benzene rings is 3. The largest absolute Gasteiger partial charge is 0.507 e. The molecule has 6 nitrogen and oxygen atoms in total. The molecule has 1 amide bonds. The fourth-order valence-electron chi connectivity index (χ4n) is 4.05. The zero-order valence-corrected chi connectivity index (χ0v) is 19.6. The molecule has 0 aromatic heterocycles. The molecule has 174 valence electrons. The number of aryl methyl sites for hydroxylation is 1. The molecule has 0 saturated carbocycles. The standard InChI is InChI=1S/C28H27NO5/c1-17(2)34-22-14-12-21(13-15-22)29-25(20-6-5-7-23(16-20)33-4)24(27(31)28(29)32)26(30)19-10-8-18(3)9-11-19/h5-17,25,30H,1-4H3/b26-24-. The Morgan fingerprint density at radius 1 is 0.941 bits per heavy atom. The molecule has 0 spiro atoms. The zero-order valence-electron chi connectivity index (χ0n) is 19.6. The molecule has 1 atom stereocenters. The SMILES string of the molecule is COc1cccc(C2/C(=C(/O)c3ccc(C)cc3)C(=O)C(=O)N2c2ccc(OC(C)C)cc2)c1. The van der Waals surface area contributed by atoms with Gasteiger partial charge in [0.1, 0.15) is 17.3 Å². The molecule has 1 saturated heterocycles. The second kappa shape index (κ2) is 9.43. The van der Waals surface area contributed by atoms with Crippen molar-refractivity contribution < 1.29 is 24.2 Å². The third-order valence-electron chi connectivity index (χ3n) is 5.67. The first-order valence-corrected chi connectivity index (χ1v) is 11.1. The molecule has 1 unspecified atom stereocenters. The highest BCUT2D eigenvalue weighted by Gasteiger charge is 2.47. The van der Waals surface area contributed by atoms with E-state index in [1.54, 1.807) is 61.7 Å². The molecule has 0 bridgehead atoms. The van der Waals surface area contributed by atoms with E-state index in [-0.39, 0.29) is 17.4 Å². The number of anilines is 1. The summed E-state index contributed by atoms with van der Waals surface area (Å²) in [6, 6.07) is 20.5. The molecule has 1 fully saturated rings. The summed E-state index contributed by atoms with van der Waals surface area (Å²) in [5.41, 5.74) is 2.69. The van der Waals surface area contributed by atoms with Gasteiger partial charge < -0.3 is 14.6 Å². The van der Waals surface area contributed by atoms with E-state index in [1.807, 2.05) is 39.0 Å². The average Bonchev–Trinajstić information content (AvgIpc) is 3.10. The van der Waals surface area contributed by atoms with Gasteiger partial charge in [-0.25, -0.2) is 0 Å². The Bertz CT molecular complexity index is 1240. The molecule has 3 aromatic rings. The number of nitrogens with zero attached hydrogens (tertiary/aromatic N) is 1. The van der Waals surface area contributed by atoms with Gasteiger partial charge in [0.25, 0.3) is 11.7 Å². The van der Waals surface area contributed by atoms with E-state index in [4.69, 9.17) is 9.47 Å². The number of hydrogen-bond donors (Lipinski definition) is 1. The minimum absolute atomic E-state index is 0.00590. The lowest BCUT2D eigenvalue weighted by molar-refractivity contribution is -0.132. The summed E-state index contributed by atoms with van der Waals surface area (Å²) in [5.74, 6) is -0.423. The first-order valence-electron chi connectivity index (χ1n) is 11.1. The Morgan fingerprint density at radius 2 is 1.62 bits per heavy atom. The van der Waals surface area contributed by atoms with Crippen LogP contribution in [0.1, 0.15) is 36.6 Å². The maximum absolute atomic E-state index is 13.3. The van der Waals surface area contributed by atoms with Crippen LogP contribution in [0.4, 0.5) is 5.69 Å². The third kappa shape index (κ3) is 4.39. The van der Waals surface area contributed by atoms with E-state index in [2.05, 4.69) is 0 Å².